The lowest BCUT2D eigenvalue weighted by Gasteiger charge is -2.12. The van der Waals surface area contributed by atoms with Crippen LogP contribution in [0.25, 0.3) is 6.08 Å². The Morgan fingerprint density at radius 1 is 1.00 bits per heavy atom. The molecule has 2 amide bonds. The van der Waals surface area contributed by atoms with E-state index in [-0.39, 0.29) is 16.3 Å². The Bertz CT molecular complexity index is 1230. The minimum atomic E-state index is -0.752. The van der Waals surface area contributed by atoms with Crippen molar-refractivity contribution in [3.8, 4) is 11.5 Å². The van der Waals surface area contributed by atoms with Crippen molar-refractivity contribution < 1.29 is 23.5 Å². The van der Waals surface area contributed by atoms with Crippen LogP contribution in [0.1, 0.15) is 21.5 Å². The van der Waals surface area contributed by atoms with Crippen molar-refractivity contribution in [2.75, 3.05) is 14.2 Å². The molecule has 0 spiro atoms. The van der Waals surface area contributed by atoms with Gasteiger partial charge in [0.15, 0.2) is 0 Å². The molecule has 0 saturated heterocycles. The number of ether oxygens (including phenoxy) is 2. The number of methoxy groups -OCH3 is 2. The lowest BCUT2D eigenvalue weighted by Crippen LogP contribution is -2.32. The number of carbonyl (C=O) groups is 2. The van der Waals surface area contributed by atoms with Gasteiger partial charge in [-0.25, -0.2) is 9.82 Å². The monoisotopic (exact) mass is 481 g/mol. The van der Waals surface area contributed by atoms with E-state index in [0.717, 1.165) is 6.21 Å². The zero-order chi connectivity index (χ0) is 24.5. The molecular weight excluding hydrogens is 461 g/mol. The third-order valence-electron chi connectivity index (χ3n) is 4.62. The Balaban J connectivity index is 1.93. The Hall–Kier alpha value is -4.17. The lowest BCUT2D eigenvalue weighted by molar-refractivity contribution is -0.117. The van der Waals surface area contributed by atoms with Crippen LogP contribution >= 0.6 is 11.6 Å². The number of rotatable bonds is 8. The molecule has 3 aromatic carbocycles. The fraction of sp³-hybridized carbons (Fsp3) is 0.0800. The second-order valence-corrected chi connectivity index (χ2v) is 7.23. The van der Waals surface area contributed by atoms with Gasteiger partial charge in [-0.05, 0) is 48.5 Å². The standard InChI is InChI=1S/C25H21ClFN3O4/c1-33-18-11-12-23(34-2)17(13-18)14-22(29-24(31)16-7-4-3-5-8-16)25(32)30-28-15-19-20(26)9-6-10-21(19)27/h3-15H,1-2H3,(H,29,31)(H,30,32)/b22-14-,28-15-. The maximum Gasteiger partial charge on any atom is 0.287 e. The molecule has 2 N–H and O–H groups in total. The molecule has 9 heteroatoms. The quantitative estimate of drug-likeness (QED) is 0.283. The maximum absolute atomic E-state index is 14.0. The minimum absolute atomic E-state index is 0.0118. The molecule has 0 saturated carbocycles. The van der Waals surface area contributed by atoms with Crippen LogP contribution in [0.4, 0.5) is 4.39 Å². The van der Waals surface area contributed by atoms with Crippen molar-refractivity contribution in [2.24, 2.45) is 5.10 Å². The van der Waals surface area contributed by atoms with Gasteiger partial charge >= 0.3 is 0 Å². The van der Waals surface area contributed by atoms with E-state index in [9.17, 15) is 14.0 Å². The zero-order valence-electron chi connectivity index (χ0n) is 18.3. The maximum atomic E-state index is 14.0. The Morgan fingerprint density at radius 3 is 2.44 bits per heavy atom. The van der Waals surface area contributed by atoms with Gasteiger partial charge in [0.25, 0.3) is 11.8 Å². The first-order valence-corrected chi connectivity index (χ1v) is 10.4. The number of hydrazone groups is 1. The van der Waals surface area contributed by atoms with Gasteiger partial charge in [-0.15, -0.1) is 0 Å². The highest BCUT2D eigenvalue weighted by Gasteiger charge is 2.16. The molecule has 0 bridgehead atoms. The van der Waals surface area contributed by atoms with Crippen LogP contribution in [0.3, 0.4) is 0 Å². The highest BCUT2D eigenvalue weighted by atomic mass is 35.5. The van der Waals surface area contributed by atoms with Gasteiger partial charge in [0.2, 0.25) is 0 Å². The van der Waals surface area contributed by atoms with Crippen molar-refractivity contribution in [3.05, 3.63) is 100.0 Å². The number of benzene rings is 3. The van der Waals surface area contributed by atoms with E-state index in [0.29, 0.717) is 22.6 Å². The number of carbonyl (C=O) groups excluding carboxylic acids is 2. The zero-order valence-corrected chi connectivity index (χ0v) is 19.1. The molecule has 0 aliphatic heterocycles. The molecule has 174 valence electrons. The Labute approximate surface area is 200 Å². The predicted octanol–water partition coefficient (Wildman–Crippen LogP) is 4.42. The van der Waals surface area contributed by atoms with E-state index >= 15 is 0 Å². The third-order valence-corrected chi connectivity index (χ3v) is 4.95. The second kappa shape index (κ2) is 11.6. The highest BCUT2D eigenvalue weighted by Crippen LogP contribution is 2.26. The average Bonchev–Trinajstić information content (AvgIpc) is 2.85. The number of hydrogen-bond acceptors (Lipinski definition) is 5. The molecule has 3 rings (SSSR count). The summed E-state index contributed by atoms with van der Waals surface area (Å²) in [5, 5.41) is 6.50. The van der Waals surface area contributed by atoms with Crippen LogP contribution in [0, 0.1) is 5.82 Å². The number of nitrogens with zero attached hydrogens (tertiary/aromatic N) is 1. The van der Waals surface area contributed by atoms with Gasteiger partial charge in [0, 0.05) is 16.7 Å². The first kappa shape index (κ1) is 24.5. The molecule has 7 nitrogen and oxygen atoms in total. The van der Waals surface area contributed by atoms with Gasteiger partial charge < -0.3 is 14.8 Å². The van der Waals surface area contributed by atoms with Crippen LogP contribution < -0.4 is 20.2 Å². The topological polar surface area (TPSA) is 89.0 Å². The van der Waals surface area contributed by atoms with Gasteiger partial charge in [-0.3, -0.25) is 9.59 Å². The molecule has 3 aromatic rings. The van der Waals surface area contributed by atoms with Crippen LogP contribution in [0.15, 0.2) is 77.5 Å². The summed E-state index contributed by atoms with van der Waals surface area (Å²) in [6, 6.07) is 17.5. The van der Waals surface area contributed by atoms with Crippen LogP contribution in [0.5, 0.6) is 11.5 Å². The van der Waals surface area contributed by atoms with Gasteiger partial charge in [-0.1, -0.05) is 35.9 Å². The van der Waals surface area contributed by atoms with Gasteiger partial charge in [0.1, 0.15) is 23.0 Å². The average molecular weight is 482 g/mol. The second-order valence-electron chi connectivity index (χ2n) is 6.82. The van der Waals surface area contributed by atoms with E-state index in [1.807, 2.05) is 0 Å². The number of nitrogens with one attached hydrogen (secondary N) is 2. The largest absolute Gasteiger partial charge is 0.497 e. The number of amides is 2. The molecule has 0 aliphatic rings. The molecule has 0 atom stereocenters. The fourth-order valence-electron chi connectivity index (χ4n) is 2.90. The SMILES string of the molecule is COc1ccc(OC)c(/C=C(\NC(=O)c2ccccc2)C(=O)N/N=C\c2c(F)cccc2Cl)c1. The molecule has 0 aliphatic carbocycles. The molecular formula is C25H21ClFN3O4. The van der Waals surface area contributed by atoms with Gasteiger partial charge in [0.05, 0.1) is 25.5 Å². The van der Waals surface area contributed by atoms with Gasteiger partial charge in [-0.2, -0.15) is 5.10 Å². The van der Waals surface area contributed by atoms with Crippen molar-refractivity contribution in [1.29, 1.82) is 0 Å². The summed E-state index contributed by atoms with van der Waals surface area (Å²) in [6.07, 6.45) is 2.50. The molecule has 0 aromatic heterocycles. The molecule has 34 heavy (non-hydrogen) atoms. The molecule has 0 heterocycles. The number of halogens is 2. The van der Waals surface area contributed by atoms with E-state index in [4.69, 9.17) is 21.1 Å². The Kier molecular flexibility index (Phi) is 8.37. The molecule has 0 radical (unpaired) electrons. The minimum Gasteiger partial charge on any atom is -0.497 e. The van der Waals surface area contributed by atoms with Crippen LogP contribution in [-0.2, 0) is 4.79 Å². The summed E-state index contributed by atoms with van der Waals surface area (Å²) >= 11 is 5.98. The third kappa shape index (κ3) is 6.20. The summed E-state index contributed by atoms with van der Waals surface area (Å²) < 4.78 is 24.5. The smallest absolute Gasteiger partial charge is 0.287 e. The van der Waals surface area contributed by atoms with Crippen LogP contribution in [-0.4, -0.2) is 32.2 Å². The Morgan fingerprint density at radius 2 is 1.76 bits per heavy atom. The summed E-state index contributed by atoms with van der Waals surface area (Å²) in [4.78, 5) is 25.6. The fourth-order valence-corrected chi connectivity index (χ4v) is 3.11. The molecule has 0 fully saturated rings. The summed E-state index contributed by atoms with van der Waals surface area (Å²) in [6.45, 7) is 0. The predicted molar refractivity (Wildman–Crippen MR) is 129 cm³/mol. The normalized spacial score (nSPS) is 11.2. The highest BCUT2D eigenvalue weighted by molar-refractivity contribution is 6.33. The van der Waals surface area contributed by atoms with E-state index in [1.165, 1.54) is 38.5 Å². The van der Waals surface area contributed by atoms with Crippen molar-refractivity contribution in [1.82, 2.24) is 10.7 Å². The number of hydrogen-bond donors (Lipinski definition) is 2. The van der Waals surface area contributed by atoms with E-state index < -0.39 is 17.6 Å². The summed E-state index contributed by atoms with van der Waals surface area (Å²) in [5.74, 6) is -0.891. The van der Waals surface area contributed by atoms with Crippen molar-refractivity contribution in [3.63, 3.8) is 0 Å². The first-order valence-electron chi connectivity index (χ1n) is 10.0. The van der Waals surface area contributed by atoms with E-state index in [1.54, 1.807) is 48.5 Å². The van der Waals surface area contributed by atoms with Crippen molar-refractivity contribution >= 4 is 35.7 Å². The van der Waals surface area contributed by atoms with Crippen LogP contribution in [0.2, 0.25) is 5.02 Å². The summed E-state index contributed by atoms with van der Waals surface area (Å²) in [5.41, 5.74) is 2.98. The first-order chi connectivity index (χ1) is 16.4. The van der Waals surface area contributed by atoms with Crippen molar-refractivity contribution in [2.45, 2.75) is 0 Å². The summed E-state index contributed by atoms with van der Waals surface area (Å²) in [7, 11) is 2.98. The van der Waals surface area contributed by atoms with E-state index in [2.05, 4.69) is 15.8 Å². The lowest BCUT2D eigenvalue weighted by atomic mass is 10.1. The molecule has 0 unspecified atom stereocenters.